The van der Waals surface area contributed by atoms with Crippen molar-refractivity contribution in [1.82, 2.24) is 5.32 Å². The zero-order valence-electron chi connectivity index (χ0n) is 16.9. The molecule has 0 saturated heterocycles. The third-order valence-corrected chi connectivity index (χ3v) is 6.15. The number of allylic oxidation sites excluding steroid dienone is 3. The Morgan fingerprint density at radius 1 is 1.20 bits per heavy atom. The van der Waals surface area contributed by atoms with Crippen LogP contribution in [0.2, 0.25) is 0 Å². The van der Waals surface area contributed by atoms with Crippen molar-refractivity contribution in [2.75, 3.05) is 0 Å². The van der Waals surface area contributed by atoms with Gasteiger partial charge in [0.2, 0.25) is 0 Å². The predicted molar refractivity (Wildman–Crippen MR) is 117 cm³/mol. The Kier molecular flexibility index (Phi) is 6.38. The van der Waals surface area contributed by atoms with Crippen LogP contribution in [0.25, 0.3) is 0 Å². The molecule has 2 aromatic carbocycles. The molecule has 0 spiro atoms. The van der Waals surface area contributed by atoms with Crippen molar-refractivity contribution < 1.29 is 9.72 Å². The summed E-state index contributed by atoms with van der Waals surface area (Å²) in [6.07, 6.45) is 0. The Balaban J connectivity index is 2.05. The van der Waals surface area contributed by atoms with Crippen LogP contribution < -0.4 is 5.32 Å². The number of ketones is 1. The molecular weight excluding hydrogens is 398 g/mol. The molecule has 0 saturated carbocycles. The molecule has 0 aromatic heterocycles. The summed E-state index contributed by atoms with van der Waals surface area (Å²) in [5.74, 6) is -0.236. The number of hydrogen-bond acceptors (Lipinski definition) is 6. The maximum absolute atomic E-state index is 12.5. The quantitative estimate of drug-likeness (QED) is 0.516. The Hall–Kier alpha value is -3.37. The molecule has 2 aromatic rings. The largest absolute Gasteiger partial charge is 0.353 e. The second-order valence-corrected chi connectivity index (χ2v) is 8.02. The van der Waals surface area contributed by atoms with Crippen molar-refractivity contribution in [3.8, 4) is 6.07 Å². The Labute approximate surface area is 179 Å². The monoisotopic (exact) mass is 419 g/mol. The zero-order chi connectivity index (χ0) is 21.8. The standard InChI is InChI=1S/C23H21N3O3S/c1-14-8-4-6-10-18(14)22-19(12-24)23(25-15(2)21(22)16(3)27)30-13-17-9-5-7-11-20(17)26(28)29/h4-11,22,25H,13H2,1-3H3/t22-/m0/s1. The van der Waals surface area contributed by atoms with Crippen LogP contribution in [0.1, 0.15) is 36.5 Å². The summed E-state index contributed by atoms with van der Waals surface area (Å²) in [7, 11) is 0. The molecule has 0 unspecified atom stereocenters. The SMILES string of the molecule is CC(=O)C1=C(C)NC(SCc2ccccc2[N+](=O)[O-])=C(C#N)[C@@H]1c1ccccc1C. The minimum absolute atomic E-state index is 0.0482. The van der Waals surface area contributed by atoms with Gasteiger partial charge in [0.15, 0.2) is 5.78 Å². The highest BCUT2D eigenvalue weighted by Crippen LogP contribution is 2.42. The molecule has 0 fully saturated rings. The lowest BCUT2D eigenvalue weighted by molar-refractivity contribution is -0.385. The second kappa shape index (κ2) is 8.97. The molecule has 30 heavy (non-hydrogen) atoms. The smallest absolute Gasteiger partial charge is 0.273 e. The molecule has 1 aliphatic rings. The predicted octanol–water partition coefficient (Wildman–Crippen LogP) is 5.12. The van der Waals surface area contributed by atoms with Crippen LogP contribution in [0.4, 0.5) is 5.69 Å². The highest BCUT2D eigenvalue weighted by atomic mass is 32.2. The minimum atomic E-state index is -0.469. The van der Waals surface area contributed by atoms with Gasteiger partial charge in [-0.1, -0.05) is 42.5 Å². The number of carbonyl (C=O) groups is 1. The highest BCUT2D eigenvalue weighted by molar-refractivity contribution is 8.02. The summed E-state index contributed by atoms with van der Waals surface area (Å²) < 4.78 is 0. The van der Waals surface area contributed by atoms with Gasteiger partial charge in [0, 0.05) is 28.7 Å². The van der Waals surface area contributed by atoms with Gasteiger partial charge in [0.25, 0.3) is 5.69 Å². The Morgan fingerprint density at radius 3 is 2.50 bits per heavy atom. The van der Waals surface area contributed by atoms with Crippen molar-refractivity contribution >= 4 is 23.2 Å². The number of nitro benzene ring substituents is 1. The van der Waals surface area contributed by atoms with E-state index in [1.165, 1.54) is 24.8 Å². The number of nitrogens with one attached hydrogen (secondary N) is 1. The van der Waals surface area contributed by atoms with Gasteiger partial charge in [-0.2, -0.15) is 5.26 Å². The number of para-hydroxylation sites is 1. The average molecular weight is 420 g/mol. The van der Waals surface area contributed by atoms with E-state index in [2.05, 4.69) is 11.4 Å². The van der Waals surface area contributed by atoms with Crippen LogP contribution in [0.15, 0.2) is 70.4 Å². The maximum atomic E-state index is 12.5. The van der Waals surface area contributed by atoms with E-state index in [1.807, 2.05) is 38.1 Å². The summed E-state index contributed by atoms with van der Waals surface area (Å²) in [5, 5.41) is 25.1. The summed E-state index contributed by atoms with van der Waals surface area (Å²) in [5.41, 5.74) is 4.23. The van der Waals surface area contributed by atoms with E-state index in [9.17, 15) is 20.2 Å². The molecule has 1 aliphatic heterocycles. The summed E-state index contributed by atoms with van der Waals surface area (Å²) in [6, 6.07) is 16.6. The highest BCUT2D eigenvalue weighted by Gasteiger charge is 2.33. The Morgan fingerprint density at radius 2 is 1.87 bits per heavy atom. The number of nitriles is 1. The van der Waals surface area contributed by atoms with Crippen LogP contribution in [0.5, 0.6) is 0 Å². The fourth-order valence-corrected chi connectivity index (χ4v) is 4.76. The van der Waals surface area contributed by atoms with Gasteiger partial charge in [-0.3, -0.25) is 14.9 Å². The molecule has 3 rings (SSSR count). The van der Waals surface area contributed by atoms with Gasteiger partial charge in [-0.15, -0.1) is 11.8 Å². The van der Waals surface area contributed by atoms with Crippen molar-refractivity contribution in [2.24, 2.45) is 0 Å². The van der Waals surface area contributed by atoms with Crippen molar-refractivity contribution in [3.05, 3.63) is 97.2 Å². The first-order chi connectivity index (χ1) is 14.3. The normalized spacial score (nSPS) is 16.1. The fourth-order valence-electron chi connectivity index (χ4n) is 3.68. The van der Waals surface area contributed by atoms with E-state index in [0.717, 1.165) is 11.1 Å². The van der Waals surface area contributed by atoms with Crippen LogP contribution in [-0.2, 0) is 10.5 Å². The van der Waals surface area contributed by atoms with E-state index < -0.39 is 10.8 Å². The minimum Gasteiger partial charge on any atom is -0.353 e. The van der Waals surface area contributed by atoms with Gasteiger partial charge in [0.1, 0.15) is 0 Å². The topological polar surface area (TPSA) is 96.0 Å². The van der Waals surface area contributed by atoms with Crippen LogP contribution in [0.3, 0.4) is 0 Å². The molecule has 1 heterocycles. The number of Topliss-reactive ketones (excluding diaryl/α,β-unsaturated/α-hetero) is 1. The van der Waals surface area contributed by atoms with Crippen molar-refractivity contribution in [2.45, 2.75) is 32.4 Å². The molecule has 0 bridgehead atoms. The lowest BCUT2D eigenvalue weighted by atomic mass is 9.79. The van der Waals surface area contributed by atoms with Gasteiger partial charge in [0.05, 0.1) is 27.5 Å². The summed E-state index contributed by atoms with van der Waals surface area (Å²) >= 11 is 1.33. The third-order valence-electron chi connectivity index (χ3n) is 5.09. The van der Waals surface area contributed by atoms with Crippen molar-refractivity contribution in [1.29, 1.82) is 5.26 Å². The lowest BCUT2D eigenvalue weighted by Gasteiger charge is -2.30. The molecule has 7 heteroatoms. The number of aryl methyl sites for hydroxylation is 1. The van der Waals surface area contributed by atoms with Gasteiger partial charge in [-0.25, -0.2) is 0 Å². The molecular formula is C23H21N3O3S. The first kappa shape index (κ1) is 21.3. The van der Waals surface area contributed by atoms with Gasteiger partial charge >= 0.3 is 0 Å². The number of rotatable bonds is 6. The summed E-state index contributed by atoms with van der Waals surface area (Å²) in [6.45, 7) is 5.29. The van der Waals surface area contributed by atoms with Crippen LogP contribution in [0, 0.1) is 28.4 Å². The number of dihydropyridines is 1. The van der Waals surface area contributed by atoms with Crippen LogP contribution >= 0.6 is 11.8 Å². The van der Waals surface area contributed by atoms with E-state index in [-0.39, 0.29) is 11.5 Å². The Bertz CT molecular complexity index is 1130. The molecule has 0 amide bonds. The molecule has 6 nitrogen and oxygen atoms in total. The van der Waals surface area contributed by atoms with Gasteiger partial charge < -0.3 is 5.32 Å². The molecule has 152 valence electrons. The summed E-state index contributed by atoms with van der Waals surface area (Å²) in [4.78, 5) is 23.4. The van der Waals surface area contributed by atoms with E-state index in [4.69, 9.17) is 0 Å². The number of carbonyl (C=O) groups excluding carboxylic acids is 1. The number of thioether (sulfide) groups is 1. The van der Waals surface area contributed by atoms with Crippen molar-refractivity contribution in [3.63, 3.8) is 0 Å². The number of hydrogen-bond donors (Lipinski definition) is 1. The average Bonchev–Trinajstić information content (AvgIpc) is 2.71. The number of benzene rings is 2. The van der Waals surface area contributed by atoms with E-state index >= 15 is 0 Å². The van der Waals surface area contributed by atoms with E-state index in [0.29, 0.717) is 33.2 Å². The first-order valence-corrected chi connectivity index (χ1v) is 10.4. The number of nitro groups is 1. The van der Waals surface area contributed by atoms with Crippen LogP contribution in [-0.4, -0.2) is 10.7 Å². The molecule has 1 atom stereocenters. The second-order valence-electron chi connectivity index (χ2n) is 7.04. The lowest BCUT2D eigenvalue weighted by Crippen LogP contribution is -2.27. The van der Waals surface area contributed by atoms with Gasteiger partial charge in [-0.05, 0) is 31.9 Å². The third kappa shape index (κ3) is 4.14. The first-order valence-electron chi connectivity index (χ1n) is 9.38. The molecule has 0 radical (unpaired) electrons. The zero-order valence-corrected chi connectivity index (χ0v) is 17.7. The van der Waals surface area contributed by atoms with E-state index in [1.54, 1.807) is 18.2 Å². The maximum Gasteiger partial charge on any atom is 0.273 e. The fraction of sp³-hybridized carbons (Fsp3) is 0.217. The number of nitrogens with zero attached hydrogens (tertiary/aromatic N) is 2. The molecule has 0 aliphatic carbocycles. The molecule has 1 N–H and O–H groups in total.